The largest absolute Gasteiger partial charge is 0.433 e. The molecule has 0 unspecified atom stereocenters. The van der Waals surface area contributed by atoms with Crippen molar-refractivity contribution in [3.05, 3.63) is 29.6 Å². The molecule has 0 saturated heterocycles. The molecule has 0 aliphatic heterocycles. The molecule has 1 nitrogen and oxygen atoms in total. The van der Waals surface area contributed by atoms with Crippen LogP contribution < -0.4 is 0 Å². The van der Waals surface area contributed by atoms with E-state index in [1.54, 1.807) is 6.07 Å². The van der Waals surface area contributed by atoms with Crippen molar-refractivity contribution in [2.45, 2.75) is 56.5 Å². The summed E-state index contributed by atoms with van der Waals surface area (Å²) in [5.41, 5.74) is 0.367. The van der Waals surface area contributed by atoms with Crippen LogP contribution in [0, 0.1) is 5.92 Å². The van der Waals surface area contributed by atoms with Crippen molar-refractivity contribution in [2.75, 3.05) is 0 Å². The molecule has 0 N–H and O–H groups in total. The first kappa shape index (κ1) is 12.9. The highest BCUT2D eigenvalue weighted by Gasteiger charge is 2.46. The van der Waals surface area contributed by atoms with Crippen LogP contribution in [0.1, 0.15) is 56.2 Å². The molecule has 0 radical (unpaired) electrons. The average Bonchev–Trinajstić information content (AvgIpc) is 2.96. The van der Waals surface area contributed by atoms with Crippen LogP contribution in [0.2, 0.25) is 0 Å². The number of nitrogens with zero attached hydrogens (tertiary/aromatic N) is 1. The molecule has 1 aromatic rings. The molecule has 2 saturated carbocycles. The summed E-state index contributed by atoms with van der Waals surface area (Å²) in [6, 6.07) is 2.77. The number of alkyl halides is 3. The fourth-order valence-corrected chi connectivity index (χ4v) is 3.40. The second-order valence-electron chi connectivity index (χ2n) is 6.06. The summed E-state index contributed by atoms with van der Waals surface area (Å²) in [5, 5.41) is 0. The van der Waals surface area contributed by atoms with Gasteiger partial charge in [-0.05, 0) is 42.2 Å². The third-order valence-corrected chi connectivity index (χ3v) is 4.67. The predicted molar refractivity (Wildman–Crippen MR) is 66.7 cm³/mol. The highest BCUT2D eigenvalue weighted by atomic mass is 19.4. The Balaban J connectivity index is 1.74. The molecule has 2 aliphatic rings. The van der Waals surface area contributed by atoms with Crippen molar-refractivity contribution < 1.29 is 13.2 Å². The molecule has 0 atom stereocenters. The van der Waals surface area contributed by atoms with Crippen LogP contribution in [0.15, 0.2) is 18.3 Å². The minimum atomic E-state index is -4.33. The molecule has 0 bridgehead atoms. The first-order valence-electron chi connectivity index (χ1n) is 7.03. The van der Waals surface area contributed by atoms with Crippen molar-refractivity contribution in [1.82, 2.24) is 4.98 Å². The zero-order valence-electron chi connectivity index (χ0n) is 10.8. The first-order valence-corrected chi connectivity index (χ1v) is 7.03. The van der Waals surface area contributed by atoms with Crippen molar-refractivity contribution in [2.24, 2.45) is 5.92 Å². The van der Waals surface area contributed by atoms with Gasteiger partial charge in [-0.2, -0.15) is 13.2 Å². The lowest BCUT2D eigenvalue weighted by molar-refractivity contribution is -0.141. The lowest BCUT2D eigenvalue weighted by Crippen LogP contribution is -2.14. The molecule has 4 heteroatoms. The molecule has 0 amide bonds. The van der Waals surface area contributed by atoms with Crippen LogP contribution in [0.25, 0.3) is 0 Å². The molecule has 1 aromatic heterocycles. The molecule has 0 aromatic carbocycles. The lowest BCUT2D eigenvalue weighted by atomic mass is 9.86. The zero-order valence-corrected chi connectivity index (χ0v) is 10.8. The Morgan fingerprint density at radius 2 is 1.84 bits per heavy atom. The van der Waals surface area contributed by atoms with E-state index < -0.39 is 11.9 Å². The van der Waals surface area contributed by atoms with Gasteiger partial charge in [0.25, 0.3) is 0 Å². The Bertz CT molecular complexity index is 439. The second kappa shape index (κ2) is 4.50. The monoisotopic (exact) mass is 269 g/mol. The van der Waals surface area contributed by atoms with Crippen LogP contribution in [0.3, 0.4) is 0 Å². The van der Waals surface area contributed by atoms with Gasteiger partial charge >= 0.3 is 6.18 Å². The maximum Gasteiger partial charge on any atom is 0.433 e. The topological polar surface area (TPSA) is 12.9 Å². The molecular weight excluding hydrogens is 251 g/mol. The van der Waals surface area contributed by atoms with Gasteiger partial charge in [-0.15, -0.1) is 0 Å². The number of aromatic nitrogens is 1. The van der Waals surface area contributed by atoms with Crippen LogP contribution >= 0.6 is 0 Å². The van der Waals surface area contributed by atoms with Crippen LogP contribution in [-0.2, 0) is 11.6 Å². The van der Waals surface area contributed by atoms with Crippen molar-refractivity contribution in [1.29, 1.82) is 0 Å². The van der Waals surface area contributed by atoms with E-state index in [1.807, 2.05) is 0 Å². The second-order valence-corrected chi connectivity index (χ2v) is 6.06. The summed E-state index contributed by atoms with van der Waals surface area (Å²) < 4.78 is 37.5. The highest BCUT2D eigenvalue weighted by Crippen LogP contribution is 2.54. The SMILES string of the molecule is FC(F)(F)c1ccc(C2(CC3CCCC3)CC2)cn1. The van der Waals surface area contributed by atoms with Gasteiger partial charge in [0.15, 0.2) is 0 Å². The molecular formula is C15H18F3N. The summed E-state index contributed by atoms with van der Waals surface area (Å²) in [6.07, 6.45) is 5.67. The third-order valence-electron chi connectivity index (χ3n) is 4.67. The van der Waals surface area contributed by atoms with Gasteiger partial charge in [0.2, 0.25) is 0 Å². The molecule has 19 heavy (non-hydrogen) atoms. The normalized spacial score (nSPS) is 22.7. The Labute approximate surface area is 111 Å². The van der Waals surface area contributed by atoms with E-state index in [0.717, 1.165) is 36.8 Å². The molecule has 2 fully saturated rings. The van der Waals surface area contributed by atoms with Gasteiger partial charge in [-0.1, -0.05) is 31.7 Å². The third kappa shape index (κ3) is 2.63. The summed E-state index contributed by atoms with van der Waals surface area (Å²) >= 11 is 0. The molecule has 0 spiro atoms. The van der Waals surface area contributed by atoms with E-state index in [2.05, 4.69) is 4.98 Å². The van der Waals surface area contributed by atoms with Gasteiger partial charge in [-0.25, -0.2) is 0 Å². The summed E-state index contributed by atoms with van der Waals surface area (Å²) in [6.45, 7) is 0. The zero-order chi connectivity index (χ0) is 13.5. The summed E-state index contributed by atoms with van der Waals surface area (Å²) in [7, 11) is 0. The van der Waals surface area contributed by atoms with Gasteiger partial charge in [0, 0.05) is 6.20 Å². The van der Waals surface area contributed by atoms with Crippen molar-refractivity contribution >= 4 is 0 Å². The van der Waals surface area contributed by atoms with Crippen molar-refractivity contribution in [3.8, 4) is 0 Å². The Morgan fingerprint density at radius 3 is 2.32 bits per heavy atom. The van der Waals surface area contributed by atoms with Crippen LogP contribution in [-0.4, -0.2) is 4.98 Å². The number of pyridine rings is 1. The molecule has 104 valence electrons. The summed E-state index contributed by atoms with van der Waals surface area (Å²) in [4.78, 5) is 3.61. The van der Waals surface area contributed by atoms with E-state index in [0.29, 0.717) is 0 Å². The first-order chi connectivity index (χ1) is 9.00. The maximum absolute atomic E-state index is 12.5. The minimum Gasteiger partial charge on any atom is -0.251 e. The quantitative estimate of drug-likeness (QED) is 0.774. The molecule has 1 heterocycles. The van der Waals surface area contributed by atoms with E-state index in [1.165, 1.54) is 31.9 Å². The van der Waals surface area contributed by atoms with E-state index in [4.69, 9.17) is 0 Å². The van der Waals surface area contributed by atoms with Crippen LogP contribution in [0.4, 0.5) is 13.2 Å². The number of halogens is 3. The maximum atomic E-state index is 12.5. The van der Waals surface area contributed by atoms with Crippen LogP contribution in [0.5, 0.6) is 0 Å². The number of rotatable bonds is 3. The van der Waals surface area contributed by atoms with Gasteiger partial charge < -0.3 is 0 Å². The molecule has 3 rings (SSSR count). The average molecular weight is 269 g/mol. The van der Waals surface area contributed by atoms with Gasteiger partial charge in [0.1, 0.15) is 5.69 Å². The fraction of sp³-hybridized carbons (Fsp3) is 0.667. The van der Waals surface area contributed by atoms with E-state index in [-0.39, 0.29) is 5.41 Å². The van der Waals surface area contributed by atoms with Gasteiger partial charge in [0.05, 0.1) is 0 Å². The standard InChI is InChI=1S/C15H18F3N/c16-15(17,18)13-6-5-12(10-19-13)14(7-8-14)9-11-3-1-2-4-11/h5-6,10-11H,1-4,7-9H2. The van der Waals surface area contributed by atoms with E-state index >= 15 is 0 Å². The predicted octanol–water partition coefficient (Wildman–Crippen LogP) is 4.71. The van der Waals surface area contributed by atoms with E-state index in [9.17, 15) is 13.2 Å². The summed E-state index contributed by atoms with van der Waals surface area (Å²) in [5.74, 6) is 0.768. The molecule has 2 aliphatic carbocycles. The Kier molecular flexibility index (Phi) is 3.06. The number of hydrogen-bond donors (Lipinski definition) is 0. The van der Waals surface area contributed by atoms with Crippen molar-refractivity contribution in [3.63, 3.8) is 0 Å². The highest BCUT2D eigenvalue weighted by molar-refractivity contribution is 5.30. The smallest absolute Gasteiger partial charge is 0.251 e. The minimum absolute atomic E-state index is 0.145. The van der Waals surface area contributed by atoms with Gasteiger partial charge in [-0.3, -0.25) is 4.98 Å². The number of hydrogen-bond acceptors (Lipinski definition) is 1. The Morgan fingerprint density at radius 1 is 1.16 bits per heavy atom. The fourth-order valence-electron chi connectivity index (χ4n) is 3.40. The Hall–Kier alpha value is -1.06. The lowest BCUT2D eigenvalue weighted by Gasteiger charge is -2.20.